The van der Waals surface area contributed by atoms with Crippen LogP contribution in [0.15, 0.2) is 24.3 Å². The molecular weight excluding hydrogens is 208 g/mol. The average Bonchev–Trinajstić information content (AvgIpc) is 2.30. The summed E-state index contributed by atoms with van der Waals surface area (Å²) in [7, 11) is 1.74. The summed E-state index contributed by atoms with van der Waals surface area (Å²) in [6.45, 7) is 4.85. The van der Waals surface area contributed by atoms with Gasteiger partial charge in [0.25, 0.3) is 0 Å². The van der Waals surface area contributed by atoms with E-state index in [1.54, 1.807) is 7.11 Å². The Morgan fingerprint density at radius 1 is 1.07 bits per heavy atom. The van der Waals surface area contributed by atoms with Gasteiger partial charge in [0.05, 0.1) is 0 Å². The van der Waals surface area contributed by atoms with Gasteiger partial charge >= 0.3 is 0 Å². The number of hydrogen-bond acceptors (Lipinski definition) is 1. The number of unbranched alkanes of at least 4 members (excludes halogenated alkanes) is 1. The van der Waals surface area contributed by atoms with Crippen LogP contribution in [-0.4, -0.2) is 13.7 Å². The Morgan fingerprint density at radius 2 is 1.67 bits per heavy atom. The third kappa shape index (κ3) is 7.40. The van der Waals surface area contributed by atoms with Gasteiger partial charge in [-0.2, -0.15) is 0 Å². The van der Waals surface area contributed by atoms with E-state index in [1.165, 1.54) is 12.0 Å². The lowest BCUT2D eigenvalue weighted by Crippen LogP contribution is -1.91. The highest BCUT2D eigenvalue weighted by Crippen LogP contribution is 2.11. The van der Waals surface area contributed by atoms with Gasteiger partial charge in [-0.15, -0.1) is 0 Å². The van der Waals surface area contributed by atoms with E-state index in [0.717, 1.165) is 24.5 Å². The van der Waals surface area contributed by atoms with E-state index in [0.29, 0.717) is 0 Å². The van der Waals surface area contributed by atoms with Gasteiger partial charge in [0.1, 0.15) is 0 Å². The van der Waals surface area contributed by atoms with E-state index in [2.05, 4.69) is 12.1 Å². The maximum absolute atomic E-state index is 5.78. The second kappa shape index (κ2) is 10.0. The summed E-state index contributed by atoms with van der Waals surface area (Å²) in [5.41, 5.74) is 1.35. The Bertz CT molecular complexity index is 231. The van der Waals surface area contributed by atoms with Crippen molar-refractivity contribution in [2.45, 2.75) is 33.1 Å². The van der Waals surface area contributed by atoms with Crippen LogP contribution in [0.1, 0.15) is 32.3 Å². The van der Waals surface area contributed by atoms with Crippen LogP contribution >= 0.6 is 11.6 Å². The number of methoxy groups -OCH3 is 1. The summed E-state index contributed by atoms with van der Waals surface area (Å²) in [5, 5.41) is 0.806. The molecule has 1 aromatic carbocycles. The van der Waals surface area contributed by atoms with Crippen LogP contribution in [0.3, 0.4) is 0 Å². The van der Waals surface area contributed by atoms with Crippen molar-refractivity contribution in [1.82, 2.24) is 0 Å². The van der Waals surface area contributed by atoms with Crippen molar-refractivity contribution in [3.63, 3.8) is 0 Å². The normalized spacial score (nSPS) is 9.33. The predicted octanol–water partition coefficient (Wildman–Crippen LogP) is 4.34. The molecular formula is C13H21ClO. The van der Waals surface area contributed by atoms with Gasteiger partial charge in [0.15, 0.2) is 0 Å². The molecule has 0 amide bonds. The number of aryl methyl sites for hydroxylation is 1. The highest BCUT2D eigenvalue weighted by Gasteiger charge is 1.93. The molecule has 0 N–H and O–H groups in total. The zero-order chi connectivity index (χ0) is 11.5. The zero-order valence-corrected chi connectivity index (χ0v) is 10.7. The van der Waals surface area contributed by atoms with Gasteiger partial charge in [0.2, 0.25) is 0 Å². The molecule has 86 valence electrons. The summed E-state index contributed by atoms with van der Waals surface area (Å²) in [6, 6.07) is 8.03. The van der Waals surface area contributed by atoms with Crippen LogP contribution in [0.2, 0.25) is 5.02 Å². The lowest BCUT2D eigenvalue weighted by Gasteiger charge is -2.00. The Labute approximate surface area is 98.4 Å². The second-order valence-electron chi connectivity index (χ2n) is 3.08. The van der Waals surface area contributed by atoms with E-state index in [4.69, 9.17) is 16.3 Å². The zero-order valence-electron chi connectivity index (χ0n) is 9.92. The first-order valence-corrected chi connectivity index (χ1v) is 5.94. The second-order valence-corrected chi connectivity index (χ2v) is 3.51. The smallest absolute Gasteiger partial charge is 0.0462 e. The maximum Gasteiger partial charge on any atom is 0.0462 e. The minimum atomic E-state index is 0.806. The predicted molar refractivity (Wildman–Crippen MR) is 67.6 cm³/mol. The number of benzene rings is 1. The molecule has 0 spiro atoms. The fourth-order valence-corrected chi connectivity index (χ4v) is 1.35. The summed E-state index contributed by atoms with van der Waals surface area (Å²) in [5.74, 6) is 0. The molecule has 0 saturated carbocycles. The van der Waals surface area contributed by atoms with Crippen LogP contribution in [0, 0.1) is 0 Å². The van der Waals surface area contributed by atoms with Gasteiger partial charge in [-0.05, 0) is 37.0 Å². The molecule has 0 radical (unpaired) electrons. The topological polar surface area (TPSA) is 9.23 Å². The van der Waals surface area contributed by atoms with Crippen LogP contribution in [-0.2, 0) is 11.2 Å². The summed E-state index contributed by atoms with van der Waals surface area (Å²) >= 11 is 5.78. The molecule has 0 aliphatic rings. The summed E-state index contributed by atoms with van der Waals surface area (Å²) in [6.07, 6.45) is 3.41. The van der Waals surface area contributed by atoms with E-state index in [1.807, 2.05) is 26.0 Å². The van der Waals surface area contributed by atoms with Crippen molar-refractivity contribution in [3.05, 3.63) is 34.9 Å². The summed E-state index contributed by atoms with van der Waals surface area (Å²) in [4.78, 5) is 0. The lowest BCUT2D eigenvalue weighted by molar-refractivity contribution is 0.193. The van der Waals surface area contributed by atoms with Gasteiger partial charge in [-0.3, -0.25) is 0 Å². The van der Waals surface area contributed by atoms with Crippen LogP contribution < -0.4 is 0 Å². The van der Waals surface area contributed by atoms with E-state index >= 15 is 0 Å². The maximum atomic E-state index is 5.78. The monoisotopic (exact) mass is 228 g/mol. The van der Waals surface area contributed by atoms with E-state index in [9.17, 15) is 0 Å². The quantitative estimate of drug-likeness (QED) is 0.682. The van der Waals surface area contributed by atoms with E-state index < -0.39 is 0 Å². The molecule has 0 aliphatic carbocycles. The van der Waals surface area contributed by atoms with Crippen molar-refractivity contribution >= 4 is 11.6 Å². The van der Waals surface area contributed by atoms with Crippen molar-refractivity contribution in [2.75, 3.05) is 13.7 Å². The number of ether oxygens (including phenoxy) is 1. The molecule has 0 saturated heterocycles. The lowest BCUT2D eigenvalue weighted by atomic mass is 10.1. The third-order valence-electron chi connectivity index (χ3n) is 1.98. The fourth-order valence-electron chi connectivity index (χ4n) is 1.23. The van der Waals surface area contributed by atoms with Crippen molar-refractivity contribution in [1.29, 1.82) is 0 Å². The van der Waals surface area contributed by atoms with Crippen LogP contribution in [0.5, 0.6) is 0 Å². The molecule has 1 rings (SSSR count). The molecule has 0 aromatic heterocycles. The van der Waals surface area contributed by atoms with Crippen molar-refractivity contribution in [2.24, 2.45) is 0 Å². The first kappa shape index (κ1) is 14.5. The fraction of sp³-hybridized carbons (Fsp3) is 0.538. The highest BCUT2D eigenvalue weighted by molar-refractivity contribution is 6.30. The van der Waals surface area contributed by atoms with Gasteiger partial charge in [-0.1, -0.05) is 37.6 Å². The standard InChI is InChI=1S/C11H15ClO.C2H6/c1-13-9-3-2-4-10-5-7-11(12)8-6-10;1-2/h5-8H,2-4,9H2,1H3;1-2H3. The van der Waals surface area contributed by atoms with Crippen molar-refractivity contribution in [3.8, 4) is 0 Å². The van der Waals surface area contributed by atoms with E-state index in [-0.39, 0.29) is 0 Å². The highest BCUT2D eigenvalue weighted by atomic mass is 35.5. The molecule has 1 nitrogen and oxygen atoms in total. The van der Waals surface area contributed by atoms with Crippen LogP contribution in [0.4, 0.5) is 0 Å². The Kier molecular flexibility index (Phi) is 9.65. The Morgan fingerprint density at radius 3 is 2.20 bits per heavy atom. The van der Waals surface area contributed by atoms with Crippen molar-refractivity contribution < 1.29 is 4.74 Å². The van der Waals surface area contributed by atoms with Gasteiger partial charge in [-0.25, -0.2) is 0 Å². The van der Waals surface area contributed by atoms with Gasteiger partial charge in [0, 0.05) is 18.7 Å². The summed E-state index contributed by atoms with van der Waals surface area (Å²) < 4.78 is 4.98. The third-order valence-corrected chi connectivity index (χ3v) is 2.23. The Hall–Kier alpha value is -0.530. The minimum absolute atomic E-state index is 0.806. The minimum Gasteiger partial charge on any atom is -0.385 e. The average molecular weight is 229 g/mol. The first-order valence-electron chi connectivity index (χ1n) is 5.56. The van der Waals surface area contributed by atoms with Gasteiger partial charge < -0.3 is 4.74 Å². The molecule has 15 heavy (non-hydrogen) atoms. The van der Waals surface area contributed by atoms with Crippen LogP contribution in [0.25, 0.3) is 0 Å². The Balaban J connectivity index is 0.000000921. The molecule has 0 bridgehead atoms. The molecule has 0 heterocycles. The number of halogens is 1. The molecule has 0 unspecified atom stereocenters. The largest absolute Gasteiger partial charge is 0.385 e. The molecule has 1 aromatic rings. The first-order chi connectivity index (χ1) is 7.33. The number of hydrogen-bond donors (Lipinski definition) is 0. The molecule has 0 aliphatic heterocycles. The molecule has 0 fully saturated rings. The molecule has 0 atom stereocenters. The number of rotatable bonds is 5. The SMILES string of the molecule is CC.COCCCCc1ccc(Cl)cc1. The molecule has 2 heteroatoms.